The van der Waals surface area contributed by atoms with Gasteiger partial charge in [-0.05, 0) is 24.8 Å². The molecule has 1 aromatic rings. The topological polar surface area (TPSA) is 38.9 Å². The van der Waals surface area contributed by atoms with Crippen LogP contribution in [0.1, 0.15) is 25.7 Å². The van der Waals surface area contributed by atoms with Crippen LogP contribution < -0.4 is 5.73 Å². The van der Waals surface area contributed by atoms with Crippen molar-refractivity contribution >= 4 is 17.4 Å². The summed E-state index contributed by atoms with van der Waals surface area (Å²) in [6, 6.07) is 2.01. The molecule has 0 saturated heterocycles. The molecular weight excluding hydrogens is 192 g/mol. The van der Waals surface area contributed by atoms with Gasteiger partial charge in [0.25, 0.3) is 0 Å². The van der Waals surface area contributed by atoms with E-state index >= 15 is 0 Å². The van der Waals surface area contributed by atoms with E-state index in [0.717, 1.165) is 11.6 Å². The van der Waals surface area contributed by atoms with E-state index in [9.17, 15) is 0 Å². The first-order valence-electron chi connectivity index (χ1n) is 5.18. The number of nitrogens with two attached hydrogens (primary N) is 1. The molecule has 0 spiro atoms. The van der Waals surface area contributed by atoms with E-state index in [0.29, 0.717) is 0 Å². The Balaban J connectivity index is 1.88. The second-order valence-electron chi connectivity index (χ2n) is 3.87. The SMILES string of the molecule is Nc1cnccc1SCC1CCCC1. The van der Waals surface area contributed by atoms with Gasteiger partial charge in [-0.25, -0.2) is 0 Å². The first-order chi connectivity index (χ1) is 6.86. The third-order valence-corrected chi connectivity index (χ3v) is 4.08. The molecule has 0 amide bonds. The van der Waals surface area contributed by atoms with Crippen molar-refractivity contribution in [3.8, 4) is 0 Å². The average molecular weight is 208 g/mol. The molecule has 2 N–H and O–H groups in total. The molecule has 1 aliphatic rings. The maximum absolute atomic E-state index is 5.82. The summed E-state index contributed by atoms with van der Waals surface area (Å²) in [4.78, 5) is 5.17. The second kappa shape index (κ2) is 4.69. The van der Waals surface area contributed by atoms with Crippen molar-refractivity contribution in [3.05, 3.63) is 18.5 Å². The fourth-order valence-electron chi connectivity index (χ4n) is 1.91. The summed E-state index contributed by atoms with van der Waals surface area (Å²) in [6.07, 6.45) is 9.18. The number of aromatic nitrogens is 1. The number of anilines is 1. The number of rotatable bonds is 3. The minimum Gasteiger partial charge on any atom is -0.397 e. The summed E-state index contributed by atoms with van der Waals surface area (Å²) in [5, 5.41) is 0. The van der Waals surface area contributed by atoms with Gasteiger partial charge < -0.3 is 5.73 Å². The molecule has 0 bridgehead atoms. The monoisotopic (exact) mass is 208 g/mol. The lowest BCUT2D eigenvalue weighted by molar-refractivity contribution is 0.623. The quantitative estimate of drug-likeness (QED) is 0.776. The predicted molar refractivity (Wildman–Crippen MR) is 61.3 cm³/mol. The van der Waals surface area contributed by atoms with E-state index in [-0.39, 0.29) is 0 Å². The van der Waals surface area contributed by atoms with E-state index in [1.165, 1.54) is 36.3 Å². The summed E-state index contributed by atoms with van der Waals surface area (Å²) in [5.41, 5.74) is 6.64. The molecule has 0 aromatic carbocycles. The van der Waals surface area contributed by atoms with E-state index in [2.05, 4.69) is 4.98 Å². The molecule has 1 heterocycles. The Labute approximate surface area is 89.3 Å². The zero-order chi connectivity index (χ0) is 9.80. The van der Waals surface area contributed by atoms with Crippen LogP contribution in [0.5, 0.6) is 0 Å². The van der Waals surface area contributed by atoms with Crippen LogP contribution in [-0.4, -0.2) is 10.7 Å². The second-order valence-corrected chi connectivity index (χ2v) is 4.94. The van der Waals surface area contributed by atoms with Gasteiger partial charge in [-0.3, -0.25) is 4.98 Å². The highest BCUT2D eigenvalue weighted by Gasteiger charge is 2.15. The highest BCUT2D eigenvalue weighted by atomic mass is 32.2. The number of hydrogen-bond donors (Lipinski definition) is 1. The van der Waals surface area contributed by atoms with Crippen LogP contribution in [-0.2, 0) is 0 Å². The van der Waals surface area contributed by atoms with Crippen molar-refractivity contribution in [2.24, 2.45) is 5.92 Å². The van der Waals surface area contributed by atoms with Gasteiger partial charge in [-0.1, -0.05) is 12.8 Å². The molecule has 1 aliphatic carbocycles. The van der Waals surface area contributed by atoms with E-state index in [4.69, 9.17) is 5.73 Å². The van der Waals surface area contributed by atoms with Crippen molar-refractivity contribution < 1.29 is 0 Å². The summed E-state index contributed by atoms with van der Waals surface area (Å²) >= 11 is 1.88. The molecular formula is C11H16N2S. The predicted octanol–water partition coefficient (Wildman–Crippen LogP) is 2.95. The normalized spacial score (nSPS) is 17.4. The average Bonchev–Trinajstić information content (AvgIpc) is 2.69. The van der Waals surface area contributed by atoms with E-state index in [1.54, 1.807) is 6.20 Å². The fraction of sp³-hybridized carbons (Fsp3) is 0.545. The Bertz CT molecular complexity index is 295. The Hall–Kier alpha value is -0.700. The molecule has 14 heavy (non-hydrogen) atoms. The lowest BCUT2D eigenvalue weighted by atomic mass is 10.1. The van der Waals surface area contributed by atoms with Crippen molar-refractivity contribution in [1.29, 1.82) is 0 Å². The third-order valence-electron chi connectivity index (χ3n) is 2.76. The summed E-state index contributed by atoms with van der Waals surface area (Å²) in [6.45, 7) is 0. The van der Waals surface area contributed by atoms with Crippen LogP contribution in [0.4, 0.5) is 5.69 Å². The van der Waals surface area contributed by atoms with Crippen LogP contribution in [0, 0.1) is 5.92 Å². The summed E-state index contributed by atoms with van der Waals surface area (Å²) in [5.74, 6) is 2.13. The molecule has 0 atom stereocenters. The highest BCUT2D eigenvalue weighted by Crippen LogP contribution is 2.32. The molecule has 1 saturated carbocycles. The number of pyridine rings is 1. The molecule has 0 unspecified atom stereocenters. The Morgan fingerprint density at radius 2 is 2.21 bits per heavy atom. The van der Waals surface area contributed by atoms with E-state index in [1.807, 2.05) is 24.0 Å². The summed E-state index contributed by atoms with van der Waals surface area (Å²) < 4.78 is 0. The molecule has 2 nitrogen and oxygen atoms in total. The van der Waals surface area contributed by atoms with E-state index < -0.39 is 0 Å². The number of thioether (sulfide) groups is 1. The first-order valence-corrected chi connectivity index (χ1v) is 6.17. The molecule has 0 radical (unpaired) electrons. The van der Waals surface area contributed by atoms with Crippen LogP contribution >= 0.6 is 11.8 Å². The van der Waals surface area contributed by atoms with Crippen molar-refractivity contribution in [3.63, 3.8) is 0 Å². The standard InChI is InChI=1S/C11H16N2S/c12-10-7-13-6-5-11(10)14-8-9-3-1-2-4-9/h5-7,9H,1-4,8,12H2. The van der Waals surface area contributed by atoms with Crippen LogP contribution in [0.2, 0.25) is 0 Å². The van der Waals surface area contributed by atoms with Gasteiger partial charge in [0.2, 0.25) is 0 Å². The zero-order valence-electron chi connectivity index (χ0n) is 8.28. The Morgan fingerprint density at radius 1 is 1.43 bits per heavy atom. The van der Waals surface area contributed by atoms with Gasteiger partial charge >= 0.3 is 0 Å². The largest absolute Gasteiger partial charge is 0.397 e. The minimum atomic E-state index is 0.815. The molecule has 1 fully saturated rings. The fourth-order valence-corrected chi connectivity index (χ4v) is 3.04. The van der Waals surface area contributed by atoms with Gasteiger partial charge in [0.15, 0.2) is 0 Å². The maximum Gasteiger partial charge on any atom is 0.0638 e. The highest BCUT2D eigenvalue weighted by molar-refractivity contribution is 7.99. The van der Waals surface area contributed by atoms with Crippen molar-refractivity contribution in [2.75, 3.05) is 11.5 Å². The van der Waals surface area contributed by atoms with Crippen molar-refractivity contribution in [2.45, 2.75) is 30.6 Å². The van der Waals surface area contributed by atoms with Gasteiger partial charge in [-0.2, -0.15) is 0 Å². The molecule has 76 valence electrons. The van der Waals surface area contributed by atoms with Gasteiger partial charge in [0.1, 0.15) is 0 Å². The van der Waals surface area contributed by atoms with Crippen molar-refractivity contribution in [1.82, 2.24) is 4.98 Å². The molecule has 2 rings (SSSR count). The third kappa shape index (κ3) is 2.41. The Kier molecular flexibility index (Phi) is 3.30. The number of hydrogen-bond acceptors (Lipinski definition) is 3. The lowest BCUT2D eigenvalue weighted by Crippen LogP contribution is -1.97. The molecule has 1 aromatic heterocycles. The zero-order valence-corrected chi connectivity index (χ0v) is 9.09. The molecule has 0 aliphatic heterocycles. The number of nitrogens with zero attached hydrogens (tertiary/aromatic N) is 1. The minimum absolute atomic E-state index is 0.815. The van der Waals surface area contributed by atoms with Gasteiger partial charge in [-0.15, -0.1) is 11.8 Å². The summed E-state index contributed by atoms with van der Waals surface area (Å²) in [7, 11) is 0. The van der Waals surface area contributed by atoms with Crippen LogP contribution in [0.15, 0.2) is 23.4 Å². The lowest BCUT2D eigenvalue weighted by Gasteiger charge is -2.09. The maximum atomic E-state index is 5.82. The smallest absolute Gasteiger partial charge is 0.0638 e. The number of nitrogen functional groups attached to an aromatic ring is 1. The molecule has 3 heteroatoms. The van der Waals surface area contributed by atoms with Gasteiger partial charge in [0, 0.05) is 16.8 Å². The van der Waals surface area contributed by atoms with Crippen LogP contribution in [0.25, 0.3) is 0 Å². The Morgan fingerprint density at radius 3 is 2.93 bits per heavy atom. The van der Waals surface area contributed by atoms with Crippen LogP contribution in [0.3, 0.4) is 0 Å². The first kappa shape index (κ1) is 9.84. The van der Waals surface area contributed by atoms with Gasteiger partial charge in [0.05, 0.1) is 11.9 Å².